The van der Waals surface area contributed by atoms with E-state index in [4.69, 9.17) is 16.3 Å². The van der Waals surface area contributed by atoms with Crippen molar-refractivity contribution in [1.29, 1.82) is 0 Å². The van der Waals surface area contributed by atoms with E-state index in [1.807, 2.05) is 0 Å². The number of hydrogen-bond acceptors (Lipinski definition) is 5. The second-order valence-corrected chi connectivity index (χ2v) is 9.16. The molecule has 0 aromatic heterocycles. The molecule has 0 bridgehead atoms. The third kappa shape index (κ3) is 4.95. The molecule has 0 saturated carbocycles. The van der Waals surface area contributed by atoms with Crippen molar-refractivity contribution < 1.29 is 27.4 Å². The van der Waals surface area contributed by atoms with Crippen molar-refractivity contribution in [2.75, 3.05) is 18.5 Å². The normalized spacial score (nSPS) is 11.1. The SMILES string of the molecule is COc1cc(CNC(=O)c2cc(S(=O)(=O)N(C)c3ccc(F)cc3)ccc2Cl)ccc1O. The summed E-state index contributed by atoms with van der Waals surface area (Å²) in [6, 6.07) is 13.4. The van der Waals surface area contributed by atoms with E-state index in [2.05, 4.69) is 5.32 Å². The number of aromatic hydroxyl groups is 1. The van der Waals surface area contributed by atoms with E-state index >= 15 is 0 Å². The zero-order valence-electron chi connectivity index (χ0n) is 17.2. The number of hydrogen-bond donors (Lipinski definition) is 2. The molecule has 0 radical (unpaired) electrons. The molecule has 32 heavy (non-hydrogen) atoms. The molecular weight excluding hydrogens is 459 g/mol. The number of sulfonamides is 1. The lowest BCUT2D eigenvalue weighted by Gasteiger charge is -2.20. The molecule has 0 unspecified atom stereocenters. The first-order valence-electron chi connectivity index (χ1n) is 9.31. The maximum absolute atomic E-state index is 13.2. The molecule has 0 atom stereocenters. The molecule has 0 aliphatic carbocycles. The van der Waals surface area contributed by atoms with Crippen molar-refractivity contribution in [3.63, 3.8) is 0 Å². The summed E-state index contributed by atoms with van der Waals surface area (Å²) < 4.78 is 45.2. The van der Waals surface area contributed by atoms with E-state index in [-0.39, 0.29) is 39.2 Å². The first kappa shape index (κ1) is 23.4. The standard InChI is InChI=1S/C22H20ClFN2O5S/c1-26(16-6-4-15(24)5-7-16)32(29,30)17-8-9-19(23)18(12-17)22(28)25-13-14-3-10-20(27)21(11-14)31-2/h3-12,27H,13H2,1-2H3,(H,25,28). The number of nitrogens with zero attached hydrogens (tertiary/aromatic N) is 1. The van der Waals surface area contributed by atoms with Gasteiger partial charge in [-0.15, -0.1) is 0 Å². The van der Waals surface area contributed by atoms with E-state index in [9.17, 15) is 22.7 Å². The number of ether oxygens (including phenoxy) is 1. The van der Waals surface area contributed by atoms with Crippen molar-refractivity contribution in [3.8, 4) is 11.5 Å². The zero-order valence-corrected chi connectivity index (χ0v) is 18.7. The highest BCUT2D eigenvalue weighted by atomic mass is 35.5. The quantitative estimate of drug-likeness (QED) is 0.536. The van der Waals surface area contributed by atoms with E-state index in [0.717, 1.165) is 16.4 Å². The molecule has 0 saturated heterocycles. The lowest BCUT2D eigenvalue weighted by Crippen LogP contribution is -2.27. The highest BCUT2D eigenvalue weighted by Gasteiger charge is 2.24. The average molecular weight is 479 g/mol. The van der Waals surface area contributed by atoms with E-state index in [0.29, 0.717) is 5.56 Å². The van der Waals surface area contributed by atoms with Gasteiger partial charge < -0.3 is 15.2 Å². The van der Waals surface area contributed by atoms with Crippen LogP contribution in [0.1, 0.15) is 15.9 Å². The number of anilines is 1. The molecular formula is C22H20ClFN2O5S. The van der Waals surface area contributed by atoms with E-state index < -0.39 is 21.7 Å². The Hall–Kier alpha value is -3.30. The van der Waals surface area contributed by atoms with Crippen LogP contribution in [0.25, 0.3) is 0 Å². The minimum Gasteiger partial charge on any atom is -0.504 e. The number of nitrogens with one attached hydrogen (secondary N) is 1. The molecule has 3 aromatic rings. The summed E-state index contributed by atoms with van der Waals surface area (Å²) in [6.07, 6.45) is 0. The van der Waals surface area contributed by atoms with Crippen molar-refractivity contribution in [1.82, 2.24) is 5.32 Å². The summed E-state index contributed by atoms with van der Waals surface area (Å²) in [5.74, 6) is -0.847. The fourth-order valence-electron chi connectivity index (χ4n) is 2.90. The van der Waals surface area contributed by atoms with Gasteiger partial charge in [-0.25, -0.2) is 12.8 Å². The number of methoxy groups -OCH3 is 1. The topological polar surface area (TPSA) is 95.9 Å². The first-order valence-corrected chi connectivity index (χ1v) is 11.1. The van der Waals surface area contributed by atoms with Crippen LogP contribution in [-0.4, -0.2) is 33.6 Å². The predicted octanol–water partition coefficient (Wildman–Crippen LogP) is 3.95. The van der Waals surface area contributed by atoms with Gasteiger partial charge in [-0.2, -0.15) is 0 Å². The smallest absolute Gasteiger partial charge is 0.264 e. The largest absolute Gasteiger partial charge is 0.504 e. The van der Waals surface area contributed by atoms with E-state index in [1.165, 1.54) is 50.6 Å². The van der Waals surface area contributed by atoms with Crippen molar-refractivity contribution >= 4 is 33.2 Å². The Morgan fingerprint density at radius 3 is 2.47 bits per heavy atom. The lowest BCUT2D eigenvalue weighted by molar-refractivity contribution is 0.0951. The number of amides is 1. The number of halogens is 2. The molecule has 0 aliphatic heterocycles. The monoisotopic (exact) mass is 478 g/mol. The first-order chi connectivity index (χ1) is 15.1. The average Bonchev–Trinajstić information content (AvgIpc) is 2.78. The number of benzene rings is 3. The minimum atomic E-state index is -4.03. The number of phenolic OH excluding ortho intramolecular Hbond substituents is 1. The maximum Gasteiger partial charge on any atom is 0.264 e. The van der Waals surface area contributed by atoms with Gasteiger partial charge in [-0.1, -0.05) is 17.7 Å². The number of phenols is 1. The molecule has 7 nitrogen and oxygen atoms in total. The Labute approximate surface area is 190 Å². The lowest BCUT2D eigenvalue weighted by atomic mass is 10.1. The van der Waals surface area contributed by atoms with Crippen molar-refractivity contribution in [2.24, 2.45) is 0 Å². The summed E-state index contributed by atoms with van der Waals surface area (Å²) in [5, 5.41) is 12.4. The van der Waals surface area contributed by atoms with Gasteiger partial charge in [0.05, 0.1) is 28.3 Å². The summed E-state index contributed by atoms with van der Waals surface area (Å²) in [6.45, 7) is 0.0955. The second kappa shape index (κ2) is 9.46. The van der Waals surface area contributed by atoms with Gasteiger partial charge in [-0.3, -0.25) is 9.10 Å². The van der Waals surface area contributed by atoms with Gasteiger partial charge >= 0.3 is 0 Å². The summed E-state index contributed by atoms with van der Waals surface area (Å²) in [4.78, 5) is 12.5. The van der Waals surface area contributed by atoms with Crippen LogP contribution in [0.2, 0.25) is 5.02 Å². The van der Waals surface area contributed by atoms with Gasteiger partial charge in [0.15, 0.2) is 11.5 Å². The Balaban J connectivity index is 1.83. The Kier molecular flexibility index (Phi) is 6.90. The Bertz CT molecular complexity index is 1250. The van der Waals surface area contributed by atoms with E-state index in [1.54, 1.807) is 12.1 Å². The van der Waals surface area contributed by atoms with Gasteiger partial charge in [0, 0.05) is 13.6 Å². The third-order valence-corrected chi connectivity index (χ3v) is 6.84. The van der Waals surface area contributed by atoms with Crippen LogP contribution < -0.4 is 14.4 Å². The maximum atomic E-state index is 13.2. The van der Waals surface area contributed by atoms with Crippen LogP contribution in [-0.2, 0) is 16.6 Å². The van der Waals surface area contributed by atoms with Crippen LogP contribution in [0.4, 0.5) is 10.1 Å². The van der Waals surface area contributed by atoms with Gasteiger partial charge in [0.2, 0.25) is 0 Å². The zero-order chi connectivity index (χ0) is 23.5. The molecule has 168 valence electrons. The van der Waals surface area contributed by atoms with Crippen molar-refractivity contribution in [3.05, 3.63) is 82.6 Å². The molecule has 10 heteroatoms. The molecule has 0 fully saturated rings. The summed E-state index contributed by atoms with van der Waals surface area (Å²) in [5.41, 5.74) is 0.892. The van der Waals surface area contributed by atoms with Gasteiger partial charge in [0.1, 0.15) is 5.82 Å². The third-order valence-electron chi connectivity index (χ3n) is 4.73. The van der Waals surface area contributed by atoms with Crippen LogP contribution >= 0.6 is 11.6 Å². The minimum absolute atomic E-state index is 0.0222. The Morgan fingerprint density at radius 2 is 1.81 bits per heavy atom. The number of carbonyl (C=O) groups excluding carboxylic acids is 1. The van der Waals surface area contributed by atoms with Crippen LogP contribution in [0.5, 0.6) is 11.5 Å². The van der Waals surface area contributed by atoms with Gasteiger partial charge in [0.25, 0.3) is 15.9 Å². The highest BCUT2D eigenvalue weighted by Crippen LogP contribution is 2.27. The van der Waals surface area contributed by atoms with Crippen molar-refractivity contribution in [2.45, 2.75) is 11.4 Å². The number of carbonyl (C=O) groups is 1. The molecule has 3 aromatic carbocycles. The summed E-state index contributed by atoms with van der Waals surface area (Å²) >= 11 is 6.14. The van der Waals surface area contributed by atoms with Crippen LogP contribution in [0.3, 0.4) is 0 Å². The fraction of sp³-hybridized carbons (Fsp3) is 0.136. The fourth-order valence-corrected chi connectivity index (χ4v) is 4.32. The molecule has 0 aliphatic rings. The second-order valence-electron chi connectivity index (χ2n) is 6.78. The summed E-state index contributed by atoms with van der Waals surface area (Å²) in [7, 11) is -1.29. The molecule has 0 spiro atoms. The number of rotatable bonds is 7. The molecule has 3 rings (SSSR count). The molecule has 0 heterocycles. The molecule has 2 N–H and O–H groups in total. The molecule has 1 amide bonds. The Morgan fingerprint density at radius 1 is 1.12 bits per heavy atom. The predicted molar refractivity (Wildman–Crippen MR) is 119 cm³/mol. The van der Waals surface area contributed by atoms with Crippen LogP contribution in [0.15, 0.2) is 65.6 Å². The van der Waals surface area contributed by atoms with Gasteiger partial charge in [-0.05, 0) is 60.2 Å². The highest BCUT2D eigenvalue weighted by molar-refractivity contribution is 7.92. The van der Waals surface area contributed by atoms with Crippen LogP contribution in [0, 0.1) is 5.82 Å².